The minimum absolute atomic E-state index is 0.118. The molecule has 0 saturated carbocycles. The van der Waals surface area contributed by atoms with Gasteiger partial charge in [-0.15, -0.1) is 0 Å². The fraction of sp³-hybridized carbons (Fsp3) is 0.444. The average molecular weight is 348 g/mol. The van der Waals surface area contributed by atoms with Crippen molar-refractivity contribution in [2.24, 2.45) is 0 Å². The van der Waals surface area contributed by atoms with Gasteiger partial charge in [-0.3, -0.25) is 0 Å². The van der Waals surface area contributed by atoms with E-state index in [4.69, 9.17) is 21.4 Å². The molecule has 2 aromatic rings. The zero-order valence-electron chi connectivity index (χ0n) is 14.2. The van der Waals surface area contributed by atoms with E-state index in [0.717, 1.165) is 24.1 Å². The van der Waals surface area contributed by atoms with Crippen LogP contribution < -0.4 is 5.32 Å². The van der Waals surface area contributed by atoms with E-state index in [0.29, 0.717) is 12.4 Å². The van der Waals surface area contributed by atoms with Crippen LogP contribution in [0.5, 0.6) is 0 Å². The van der Waals surface area contributed by atoms with Crippen LogP contribution in [-0.2, 0) is 15.2 Å². The lowest BCUT2D eigenvalue weighted by atomic mass is 9.86. The maximum absolute atomic E-state index is 6.09. The van der Waals surface area contributed by atoms with Gasteiger partial charge in [0.2, 0.25) is 5.28 Å². The molecule has 1 unspecified atom stereocenters. The third-order valence-electron chi connectivity index (χ3n) is 3.93. The normalized spacial score (nSPS) is 18.4. The van der Waals surface area contributed by atoms with Crippen LogP contribution in [0.25, 0.3) is 11.3 Å². The van der Waals surface area contributed by atoms with Gasteiger partial charge in [-0.05, 0) is 35.4 Å². The number of halogens is 1. The van der Waals surface area contributed by atoms with Crippen LogP contribution in [0.15, 0.2) is 30.3 Å². The number of hydrogen-bond acceptors (Lipinski definition) is 5. The number of hydrogen-bond donors (Lipinski definition) is 1. The SMILES string of the molecule is CC(C)(C)c1ccc(-c2cc(NC3CCCOO3)nc(Cl)n2)cc1. The second-order valence-corrected chi connectivity index (χ2v) is 7.27. The molecule has 1 N–H and O–H groups in total. The Morgan fingerprint density at radius 2 is 1.92 bits per heavy atom. The van der Waals surface area contributed by atoms with Crippen LogP contribution in [0.3, 0.4) is 0 Å². The Balaban J connectivity index is 1.82. The molecule has 24 heavy (non-hydrogen) atoms. The summed E-state index contributed by atoms with van der Waals surface area (Å²) in [5.41, 5.74) is 3.16. The standard InChI is InChI=1S/C18H22ClN3O2/c1-18(2,3)13-8-6-12(7-9-13)14-11-15(22-17(19)20-14)21-16-5-4-10-23-24-16/h6-9,11,16H,4-5,10H2,1-3H3,(H,20,21,22). The van der Waals surface area contributed by atoms with Gasteiger partial charge < -0.3 is 5.32 Å². The molecule has 0 aliphatic carbocycles. The molecule has 1 aromatic carbocycles. The van der Waals surface area contributed by atoms with Crippen LogP contribution in [-0.4, -0.2) is 22.8 Å². The van der Waals surface area contributed by atoms with Gasteiger partial charge >= 0.3 is 0 Å². The average Bonchev–Trinajstić information content (AvgIpc) is 2.54. The van der Waals surface area contributed by atoms with Gasteiger partial charge in [0, 0.05) is 11.6 Å². The topological polar surface area (TPSA) is 56.3 Å². The molecule has 5 nitrogen and oxygen atoms in total. The molecule has 0 spiro atoms. The van der Waals surface area contributed by atoms with Crippen molar-refractivity contribution in [3.8, 4) is 11.3 Å². The van der Waals surface area contributed by atoms with Crippen LogP contribution in [0.1, 0.15) is 39.2 Å². The lowest BCUT2D eigenvalue weighted by Crippen LogP contribution is -2.28. The molecule has 1 aliphatic rings. The van der Waals surface area contributed by atoms with Gasteiger partial charge in [0.15, 0.2) is 6.23 Å². The maximum atomic E-state index is 6.09. The van der Waals surface area contributed by atoms with Gasteiger partial charge in [0.05, 0.1) is 12.3 Å². The monoisotopic (exact) mass is 347 g/mol. The van der Waals surface area contributed by atoms with E-state index in [-0.39, 0.29) is 16.9 Å². The molecule has 0 bridgehead atoms. The molecule has 2 heterocycles. The summed E-state index contributed by atoms with van der Waals surface area (Å²) in [7, 11) is 0. The molecular weight excluding hydrogens is 326 g/mol. The molecule has 128 valence electrons. The summed E-state index contributed by atoms with van der Waals surface area (Å²) in [6, 6.07) is 10.2. The fourth-order valence-corrected chi connectivity index (χ4v) is 2.73. The minimum Gasteiger partial charge on any atom is -0.342 e. The molecule has 0 amide bonds. The summed E-state index contributed by atoms with van der Waals surface area (Å²) < 4.78 is 0. The Morgan fingerprint density at radius 3 is 2.54 bits per heavy atom. The zero-order valence-corrected chi connectivity index (χ0v) is 14.9. The van der Waals surface area contributed by atoms with E-state index >= 15 is 0 Å². The zero-order chi connectivity index (χ0) is 17.2. The third-order valence-corrected chi connectivity index (χ3v) is 4.10. The van der Waals surface area contributed by atoms with Crippen LogP contribution in [0.4, 0.5) is 5.82 Å². The van der Waals surface area contributed by atoms with Crippen molar-refractivity contribution in [2.45, 2.75) is 45.3 Å². The largest absolute Gasteiger partial charge is 0.342 e. The number of nitrogens with one attached hydrogen (secondary N) is 1. The van der Waals surface area contributed by atoms with Crippen molar-refractivity contribution >= 4 is 17.4 Å². The highest BCUT2D eigenvalue weighted by molar-refractivity contribution is 6.28. The first-order valence-electron chi connectivity index (χ1n) is 8.12. The summed E-state index contributed by atoms with van der Waals surface area (Å²) in [6.07, 6.45) is 1.58. The van der Waals surface area contributed by atoms with E-state index in [1.54, 1.807) is 0 Å². The molecule has 6 heteroatoms. The second kappa shape index (κ2) is 7.05. The summed E-state index contributed by atoms with van der Waals surface area (Å²) in [5, 5.41) is 3.39. The summed E-state index contributed by atoms with van der Waals surface area (Å²) in [5.74, 6) is 0.625. The van der Waals surface area contributed by atoms with E-state index < -0.39 is 0 Å². The first-order valence-corrected chi connectivity index (χ1v) is 8.50. The van der Waals surface area contributed by atoms with Gasteiger partial charge in [-0.1, -0.05) is 45.0 Å². The highest BCUT2D eigenvalue weighted by atomic mass is 35.5. The third kappa shape index (κ3) is 4.23. The second-order valence-electron chi connectivity index (χ2n) is 6.93. The summed E-state index contributed by atoms with van der Waals surface area (Å²) >= 11 is 6.09. The Labute approximate surface area is 147 Å². The van der Waals surface area contributed by atoms with Crippen LogP contribution >= 0.6 is 11.6 Å². The number of nitrogens with zero attached hydrogens (tertiary/aromatic N) is 2. The van der Waals surface area contributed by atoms with Crippen LogP contribution in [0.2, 0.25) is 5.28 Å². The quantitative estimate of drug-likeness (QED) is 0.650. The molecule has 1 saturated heterocycles. The predicted octanol–water partition coefficient (Wildman–Crippen LogP) is 4.57. The Bertz CT molecular complexity index is 692. The molecule has 0 radical (unpaired) electrons. The lowest BCUT2D eigenvalue weighted by molar-refractivity contribution is -0.338. The smallest absolute Gasteiger partial charge is 0.224 e. The molecule has 1 atom stereocenters. The fourth-order valence-electron chi connectivity index (χ4n) is 2.55. The number of aromatic nitrogens is 2. The van der Waals surface area contributed by atoms with Crippen molar-refractivity contribution in [3.63, 3.8) is 0 Å². The van der Waals surface area contributed by atoms with Crippen molar-refractivity contribution in [1.29, 1.82) is 0 Å². The van der Waals surface area contributed by atoms with Crippen LogP contribution in [0, 0.1) is 0 Å². The summed E-state index contributed by atoms with van der Waals surface area (Å²) in [4.78, 5) is 18.8. The van der Waals surface area contributed by atoms with Gasteiger partial charge in [-0.2, -0.15) is 0 Å². The molecule has 3 rings (SSSR count). The number of anilines is 1. The lowest BCUT2D eigenvalue weighted by Gasteiger charge is -2.22. The summed E-state index contributed by atoms with van der Waals surface area (Å²) in [6.45, 7) is 7.20. The first-order chi connectivity index (χ1) is 11.4. The molecule has 1 fully saturated rings. The first kappa shape index (κ1) is 17.1. The molecular formula is C18H22ClN3O2. The van der Waals surface area contributed by atoms with Gasteiger partial charge in [0.25, 0.3) is 0 Å². The van der Waals surface area contributed by atoms with Gasteiger partial charge in [0.1, 0.15) is 5.82 Å². The Kier molecular flexibility index (Phi) is 5.04. The van der Waals surface area contributed by atoms with E-state index in [2.05, 4.69) is 60.3 Å². The van der Waals surface area contributed by atoms with Gasteiger partial charge in [-0.25, -0.2) is 19.7 Å². The van der Waals surface area contributed by atoms with E-state index in [1.165, 1.54) is 5.56 Å². The van der Waals surface area contributed by atoms with E-state index in [1.807, 2.05) is 6.07 Å². The van der Waals surface area contributed by atoms with Crippen molar-refractivity contribution < 1.29 is 9.78 Å². The molecule has 1 aromatic heterocycles. The Morgan fingerprint density at radius 1 is 1.17 bits per heavy atom. The highest BCUT2D eigenvalue weighted by Gasteiger charge is 2.17. The molecule has 1 aliphatic heterocycles. The number of rotatable bonds is 3. The van der Waals surface area contributed by atoms with Crippen molar-refractivity contribution in [1.82, 2.24) is 9.97 Å². The van der Waals surface area contributed by atoms with E-state index in [9.17, 15) is 0 Å². The Hall–Kier alpha value is -1.69. The number of benzene rings is 1. The maximum Gasteiger partial charge on any atom is 0.224 e. The minimum atomic E-state index is -0.221. The van der Waals surface area contributed by atoms with Crippen molar-refractivity contribution in [2.75, 3.05) is 11.9 Å². The highest BCUT2D eigenvalue weighted by Crippen LogP contribution is 2.27. The predicted molar refractivity (Wildman–Crippen MR) is 94.9 cm³/mol. The van der Waals surface area contributed by atoms with Crippen molar-refractivity contribution in [3.05, 3.63) is 41.2 Å².